The molecule has 0 amide bonds. The van der Waals surface area contributed by atoms with Gasteiger partial charge in [0.25, 0.3) is 0 Å². The first-order valence-electron chi connectivity index (χ1n) is 6.92. The molecule has 2 heteroatoms. The van der Waals surface area contributed by atoms with E-state index >= 15 is 0 Å². The van der Waals surface area contributed by atoms with Crippen molar-refractivity contribution < 1.29 is 4.74 Å². The Balaban J connectivity index is 2.64. The summed E-state index contributed by atoms with van der Waals surface area (Å²) in [7, 11) is 1.79. The highest BCUT2D eigenvalue weighted by atomic mass is 16.5. The predicted octanol–water partition coefficient (Wildman–Crippen LogP) is 3.05. The van der Waals surface area contributed by atoms with Crippen molar-refractivity contribution in [2.45, 2.75) is 27.2 Å². The second kappa shape index (κ2) is 8.28. The Morgan fingerprint density at radius 2 is 2.11 bits per heavy atom. The van der Waals surface area contributed by atoms with Gasteiger partial charge in [0.1, 0.15) is 0 Å². The molecule has 1 N–H and O–H groups in total. The number of aryl methyl sites for hydroxylation is 1. The molecular formula is C16H27NO. The molecule has 18 heavy (non-hydrogen) atoms. The SMILES string of the molecule is CCNCC(Cc1cccc(C)c1)C(C)COC. The summed E-state index contributed by atoms with van der Waals surface area (Å²) >= 11 is 0. The lowest BCUT2D eigenvalue weighted by molar-refractivity contribution is 0.128. The lowest BCUT2D eigenvalue weighted by atomic mass is 9.88. The van der Waals surface area contributed by atoms with Crippen LogP contribution >= 0.6 is 0 Å². The van der Waals surface area contributed by atoms with Crippen molar-refractivity contribution in [1.29, 1.82) is 0 Å². The summed E-state index contributed by atoms with van der Waals surface area (Å²) in [5.41, 5.74) is 2.77. The molecule has 0 bridgehead atoms. The highest BCUT2D eigenvalue weighted by molar-refractivity contribution is 5.22. The fourth-order valence-corrected chi connectivity index (χ4v) is 2.35. The van der Waals surface area contributed by atoms with E-state index in [1.54, 1.807) is 7.11 Å². The maximum Gasteiger partial charge on any atom is 0.0491 e. The summed E-state index contributed by atoms with van der Waals surface area (Å²) in [6.07, 6.45) is 1.12. The van der Waals surface area contributed by atoms with E-state index in [-0.39, 0.29) is 0 Å². The van der Waals surface area contributed by atoms with Crippen molar-refractivity contribution in [2.75, 3.05) is 26.8 Å². The fourth-order valence-electron chi connectivity index (χ4n) is 2.35. The summed E-state index contributed by atoms with van der Waals surface area (Å²) in [6, 6.07) is 8.82. The molecule has 0 heterocycles. The van der Waals surface area contributed by atoms with E-state index in [2.05, 4.69) is 50.4 Å². The summed E-state index contributed by atoms with van der Waals surface area (Å²) in [5, 5.41) is 3.47. The Hall–Kier alpha value is -0.860. The molecule has 0 spiro atoms. The average molecular weight is 249 g/mol. The van der Waals surface area contributed by atoms with Gasteiger partial charge in [-0.25, -0.2) is 0 Å². The van der Waals surface area contributed by atoms with Crippen molar-refractivity contribution in [3.05, 3.63) is 35.4 Å². The quantitative estimate of drug-likeness (QED) is 0.764. The molecule has 1 rings (SSSR count). The van der Waals surface area contributed by atoms with E-state index in [9.17, 15) is 0 Å². The lowest BCUT2D eigenvalue weighted by Gasteiger charge is -2.24. The Kier molecular flexibility index (Phi) is 6.99. The first kappa shape index (κ1) is 15.2. The summed E-state index contributed by atoms with van der Waals surface area (Å²) in [4.78, 5) is 0. The van der Waals surface area contributed by atoms with Crippen LogP contribution in [0.4, 0.5) is 0 Å². The second-order valence-corrected chi connectivity index (χ2v) is 5.19. The number of rotatable bonds is 8. The Morgan fingerprint density at radius 1 is 1.33 bits per heavy atom. The van der Waals surface area contributed by atoms with Gasteiger partial charge in [-0.05, 0) is 43.8 Å². The van der Waals surface area contributed by atoms with E-state index in [1.807, 2.05) is 0 Å². The number of methoxy groups -OCH3 is 1. The molecule has 1 aromatic carbocycles. The normalized spacial score (nSPS) is 14.4. The standard InChI is InChI=1S/C16H27NO/c1-5-17-11-16(14(3)12-18-4)10-15-8-6-7-13(2)9-15/h6-9,14,16-17H,5,10-12H2,1-4H3. The molecule has 0 fully saturated rings. The van der Waals surface area contributed by atoms with Crippen LogP contribution in [0.1, 0.15) is 25.0 Å². The van der Waals surface area contributed by atoms with E-state index in [1.165, 1.54) is 11.1 Å². The highest BCUT2D eigenvalue weighted by Gasteiger charge is 2.17. The molecule has 1 aromatic rings. The van der Waals surface area contributed by atoms with Gasteiger partial charge < -0.3 is 10.1 Å². The van der Waals surface area contributed by atoms with Crippen LogP contribution in [0.3, 0.4) is 0 Å². The molecule has 102 valence electrons. The zero-order valence-corrected chi connectivity index (χ0v) is 12.2. The maximum atomic E-state index is 5.30. The van der Waals surface area contributed by atoms with Crippen molar-refractivity contribution in [3.63, 3.8) is 0 Å². The largest absolute Gasteiger partial charge is 0.384 e. The van der Waals surface area contributed by atoms with Crippen LogP contribution in [0.5, 0.6) is 0 Å². The minimum atomic E-state index is 0.578. The molecule has 2 nitrogen and oxygen atoms in total. The van der Waals surface area contributed by atoms with E-state index in [0.29, 0.717) is 11.8 Å². The van der Waals surface area contributed by atoms with Crippen molar-refractivity contribution >= 4 is 0 Å². The molecule has 0 radical (unpaired) electrons. The molecule has 2 unspecified atom stereocenters. The van der Waals surface area contributed by atoms with Gasteiger partial charge in [-0.15, -0.1) is 0 Å². The van der Waals surface area contributed by atoms with Crippen LogP contribution in [0, 0.1) is 18.8 Å². The minimum absolute atomic E-state index is 0.578. The fraction of sp³-hybridized carbons (Fsp3) is 0.625. The van der Waals surface area contributed by atoms with E-state index in [0.717, 1.165) is 26.1 Å². The molecule has 0 aliphatic carbocycles. The Labute approximate surface area is 112 Å². The second-order valence-electron chi connectivity index (χ2n) is 5.19. The lowest BCUT2D eigenvalue weighted by Crippen LogP contribution is -2.30. The molecule has 0 aliphatic heterocycles. The molecule has 0 aromatic heterocycles. The van der Waals surface area contributed by atoms with E-state index < -0.39 is 0 Å². The van der Waals surface area contributed by atoms with Crippen molar-refractivity contribution in [3.8, 4) is 0 Å². The average Bonchev–Trinajstić information content (AvgIpc) is 2.34. The zero-order valence-electron chi connectivity index (χ0n) is 12.2. The monoisotopic (exact) mass is 249 g/mol. The molecule has 2 atom stereocenters. The third kappa shape index (κ3) is 5.19. The third-order valence-corrected chi connectivity index (χ3v) is 3.47. The van der Waals surface area contributed by atoms with Gasteiger partial charge in [0.05, 0.1) is 0 Å². The molecule has 0 aliphatic rings. The van der Waals surface area contributed by atoms with Crippen LogP contribution in [0.25, 0.3) is 0 Å². The topological polar surface area (TPSA) is 21.3 Å². The smallest absolute Gasteiger partial charge is 0.0491 e. The van der Waals surface area contributed by atoms with Gasteiger partial charge in [-0.1, -0.05) is 43.7 Å². The maximum absolute atomic E-state index is 5.30. The number of benzene rings is 1. The van der Waals surface area contributed by atoms with Crippen molar-refractivity contribution in [1.82, 2.24) is 5.32 Å². The summed E-state index contributed by atoms with van der Waals surface area (Å²) < 4.78 is 5.30. The summed E-state index contributed by atoms with van der Waals surface area (Å²) in [5.74, 6) is 1.21. The van der Waals surface area contributed by atoms with Crippen LogP contribution in [-0.2, 0) is 11.2 Å². The Bertz CT molecular complexity index is 338. The Morgan fingerprint density at radius 3 is 2.72 bits per heavy atom. The van der Waals surface area contributed by atoms with E-state index in [4.69, 9.17) is 4.74 Å². The van der Waals surface area contributed by atoms with Crippen LogP contribution in [0.2, 0.25) is 0 Å². The first-order valence-corrected chi connectivity index (χ1v) is 6.92. The zero-order chi connectivity index (χ0) is 13.4. The van der Waals surface area contributed by atoms with Crippen LogP contribution in [0.15, 0.2) is 24.3 Å². The van der Waals surface area contributed by atoms with Gasteiger partial charge in [0.2, 0.25) is 0 Å². The molecule has 0 saturated heterocycles. The first-order chi connectivity index (χ1) is 8.67. The van der Waals surface area contributed by atoms with Gasteiger partial charge in [-0.2, -0.15) is 0 Å². The molecular weight excluding hydrogens is 222 g/mol. The van der Waals surface area contributed by atoms with Gasteiger partial charge in [0, 0.05) is 13.7 Å². The molecule has 0 saturated carbocycles. The number of ether oxygens (including phenoxy) is 1. The van der Waals surface area contributed by atoms with Gasteiger partial charge in [-0.3, -0.25) is 0 Å². The number of hydrogen-bond donors (Lipinski definition) is 1. The number of hydrogen-bond acceptors (Lipinski definition) is 2. The van der Waals surface area contributed by atoms with Crippen molar-refractivity contribution in [2.24, 2.45) is 11.8 Å². The van der Waals surface area contributed by atoms with Gasteiger partial charge >= 0.3 is 0 Å². The van der Waals surface area contributed by atoms with Gasteiger partial charge in [0.15, 0.2) is 0 Å². The van der Waals surface area contributed by atoms with Crippen LogP contribution < -0.4 is 5.32 Å². The summed E-state index contributed by atoms with van der Waals surface area (Å²) in [6.45, 7) is 9.52. The minimum Gasteiger partial charge on any atom is -0.384 e. The third-order valence-electron chi connectivity index (χ3n) is 3.47. The highest BCUT2D eigenvalue weighted by Crippen LogP contribution is 2.18. The number of nitrogens with one attached hydrogen (secondary N) is 1. The predicted molar refractivity (Wildman–Crippen MR) is 78.0 cm³/mol. The van der Waals surface area contributed by atoms with Crippen LogP contribution in [-0.4, -0.2) is 26.8 Å².